The van der Waals surface area contributed by atoms with E-state index in [9.17, 15) is 4.79 Å². The van der Waals surface area contributed by atoms with Gasteiger partial charge in [0.1, 0.15) is 5.82 Å². The van der Waals surface area contributed by atoms with Crippen molar-refractivity contribution in [1.29, 1.82) is 0 Å². The maximum Gasteiger partial charge on any atom is 0.224 e. The van der Waals surface area contributed by atoms with Gasteiger partial charge in [-0.1, -0.05) is 11.6 Å². The molecule has 2 fully saturated rings. The van der Waals surface area contributed by atoms with Crippen molar-refractivity contribution in [2.75, 3.05) is 30.4 Å². The molecule has 3 N–H and O–H groups in total. The van der Waals surface area contributed by atoms with Gasteiger partial charge in [0, 0.05) is 35.4 Å². The summed E-state index contributed by atoms with van der Waals surface area (Å²) < 4.78 is 5.07. The summed E-state index contributed by atoms with van der Waals surface area (Å²) in [6, 6.07) is 8.70. The van der Waals surface area contributed by atoms with E-state index in [-0.39, 0.29) is 18.4 Å². The van der Waals surface area contributed by atoms with E-state index in [0.717, 1.165) is 65.1 Å². The number of pyridine rings is 1. The van der Waals surface area contributed by atoms with Crippen LogP contribution >= 0.6 is 11.6 Å². The molecule has 0 radical (unpaired) electrons. The Morgan fingerprint density at radius 3 is 2.57 bits per heavy atom. The first-order chi connectivity index (χ1) is 17.0. The summed E-state index contributed by atoms with van der Waals surface area (Å²) in [7, 11) is 0. The maximum atomic E-state index is 12.0. The number of hydrogen-bond donors (Lipinski definition) is 3. The fourth-order valence-electron chi connectivity index (χ4n) is 4.60. The number of nitrogens with zero attached hydrogens (tertiary/aromatic N) is 3. The quantitative estimate of drug-likeness (QED) is 0.433. The van der Waals surface area contributed by atoms with Gasteiger partial charge in [-0.2, -0.15) is 0 Å². The van der Waals surface area contributed by atoms with E-state index in [2.05, 4.69) is 32.0 Å². The molecule has 0 spiro atoms. The van der Waals surface area contributed by atoms with Crippen LogP contribution in [0.2, 0.25) is 5.02 Å². The minimum Gasteiger partial charge on any atom is -0.377 e. The molecule has 1 saturated heterocycles. The lowest BCUT2D eigenvalue weighted by Gasteiger charge is -2.29. The zero-order valence-electron chi connectivity index (χ0n) is 19.9. The number of halogens is 1. The lowest BCUT2D eigenvalue weighted by atomic mass is 9.86. The lowest BCUT2D eigenvalue weighted by Crippen LogP contribution is -2.49. The van der Waals surface area contributed by atoms with E-state index in [1.807, 2.05) is 25.1 Å². The van der Waals surface area contributed by atoms with Crippen LogP contribution in [-0.2, 0) is 16.0 Å². The molecular weight excluding hydrogens is 464 g/mol. The fraction of sp³-hybridized carbons (Fsp3) is 0.462. The van der Waals surface area contributed by atoms with Crippen LogP contribution in [0, 0.1) is 12.8 Å². The van der Waals surface area contributed by atoms with Crippen LogP contribution in [0.25, 0.3) is 10.9 Å². The van der Waals surface area contributed by atoms with Gasteiger partial charge in [-0.15, -0.1) is 0 Å². The molecule has 3 heterocycles. The number of anilines is 2. The predicted molar refractivity (Wildman–Crippen MR) is 138 cm³/mol. The molecule has 2 aromatic heterocycles. The van der Waals surface area contributed by atoms with E-state index >= 15 is 0 Å². The summed E-state index contributed by atoms with van der Waals surface area (Å²) in [6.07, 6.45) is 8.21. The Kier molecular flexibility index (Phi) is 7.29. The number of carbonyl (C=O) groups excluding carboxylic acids is 1. The minimum absolute atomic E-state index is 0.0219. The second kappa shape index (κ2) is 10.7. The molecule has 35 heavy (non-hydrogen) atoms. The van der Waals surface area contributed by atoms with Crippen LogP contribution in [0.15, 0.2) is 36.7 Å². The predicted octanol–water partition coefficient (Wildman–Crippen LogP) is 4.13. The highest BCUT2D eigenvalue weighted by molar-refractivity contribution is 6.32. The highest BCUT2D eigenvalue weighted by Crippen LogP contribution is 2.28. The molecule has 3 aromatic rings. The molecule has 1 aliphatic carbocycles. The van der Waals surface area contributed by atoms with Crippen LogP contribution in [0.1, 0.15) is 36.8 Å². The Balaban J connectivity index is 1.05. The Hall–Kier alpha value is -2.97. The molecule has 1 aromatic carbocycles. The Morgan fingerprint density at radius 2 is 1.86 bits per heavy atom. The number of amides is 1. The highest BCUT2D eigenvalue weighted by Gasteiger charge is 2.22. The standard InChI is InChI=1S/C26H31ClN6O2/c1-16-8-23-19(10-22(16)27)4-7-24(33-23)31-20-5-2-17(3-6-20)11-28-26-29-12-18(13-30-26)9-25(34)32-21-14-35-15-21/h4,7-8,10,12-13,17,20-21H,2-3,5-6,9,11,14-15H2,1H3,(H,31,33)(H,32,34)(H,28,29,30). The van der Waals surface area contributed by atoms with E-state index in [1.165, 1.54) is 0 Å². The van der Waals surface area contributed by atoms with Gasteiger partial charge in [0.25, 0.3) is 0 Å². The SMILES string of the molecule is Cc1cc2nc(NC3CCC(CNc4ncc(CC(=O)NC5COC5)cn4)CC3)ccc2cc1Cl. The number of aryl methyl sites for hydroxylation is 1. The molecule has 2 aliphatic rings. The van der Waals surface area contributed by atoms with Crippen molar-refractivity contribution < 1.29 is 9.53 Å². The molecule has 184 valence electrons. The van der Waals surface area contributed by atoms with Crippen molar-refractivity contribution >= 4 is 40.2 Å². The summed E-state index contributed by atoms with van der Waals surface area (Å²) in [6.45, 7) is 4.05. The van der Waals surface area contributed by atoms with E-state index in [1.54, 1.807) is 12.4 Å². The van der Waals surface area contributed by atoms with Gasteiger partial charge in [-0.3, -0.25) is 4.79 Å². The van der Waals surface area contributed by atoms with Gasteiger partial charge in [-0.25, -0.2) is 15.0 Å². The zero-order chi connectivity index (χ0) is 24.2. The van der Waals surface area contributed by atoms with Gasteiger partial charge >= 0.3 is 0 Å². The van der Waals surface area contributed by atoms with Crippen molar-refractivity contribution in [3.8, 4) is 0 Å². The van der Waals surface area contributed by atoms with Crippen LogP contribution in [0.4, 0.5) is 11.8 Å². The minimum atomic E-state index is -0.0219. The van der Waals surface area contributed by atoms with Gasteiger partial charge in [0.05, 0.1) is 31.2 Å². The molecule has 0 atom stereocenters. The van der Waals surface area contributed by atoms with Crippen LogP contribution < -0.4 is 16.0 Å². The van der Waals surface area contributed by atoms with E-state index in [0.29, 0.717) is 31.1 Å². The lowest BCUT2D eigenvalue weighted by molar-refractivity contribution is -0.124. The maximum absolute atomic E-state index is 12.0. The summed E-state index contributed by atoms with van der Waals surface area (Å²) in [5, 5.41) is 11.7. The first-order valence-corrected chi connectivity index (χ1v) is 12.6. The molecule has 9 heteroatoms. The summed E-state index contributed by atoms with van der Waals surface area (Å²) >= 11 is 6.23. The summed E-state index contributed by atoms with van der Waals surface area (Å²) in [4.78, 5) is 25.6. The largest absolute Gasteiger partial charge is 0.377 e. The number of fused-ring (bicyclic) bond motifs is 1. The van der Waals surface area contributed by atoms with E-state index in [4.69, 9.17) is 21.3 Å². The number of aromatic nitrogens is 3. The smallest absolute Gasteiger partial charge is 0.224 e. The first kappa shape index (κ1) is 23.8. The Labute approximate surface area is 210 Å². The van der Waals surface area contributed by atoms with Gasteiger partial charge in [-0.05, 0) is 73.9 Å². The topological polar surface area (TPSA) is 101 Å². The molecule has 0 unspecified atom stereocenters. The van der Waals surface area contributed by atoms with Crippen molar-refractivity contribution in [3.63, 3.8) is 0 Å². The van der Waals surface area contributed by atoms with Crippen molar-refractivity contribution in [2.24, 2.45) is 5.92 Å². The van der Waals surface area contributed by atoms with Crippen molar-refractivity contribution in [3.05, 3.63) is 52.8 Å². The average Bonchev–Trinajstić information content (AvgIpc) is 2.83. The highest BCUT2D eigenvalue weighted by atomic mass is 35.5. The Morgan fingerprint density at radius 1 is 1.09 bits per heavy atom. The second-order valence-electron chi connectivity index (χ2n) is 9.63. The number of nitrogens with one attached hydrogen (secondary N) is 3. The van der Waals surface area contributed by atoms with Crippen molar-refractivity contribution in [1.82, 2.24) is 20.3 Å². The number of benzene rings is 1. The zero-order valence-corrected chi connectivity index (χ0v) is 20.6. The fourth-order valence-corrected chi connectivity index (χ4v) is 4.78. The van der Waals surface area contributed by atoms with Gasteiger partial charge in [0.15, 0.2) is 0 Å². The van der Waals surface area contributed by atoms with E-state index < -0.39 is 0 Å². The number of hydrogen-bond acceptors (Lipinski definition) is 7. The third kappa shape index (κ3) is 6.18. The van der Waals surface area contributed by atoms with Gasteiger partial charge in [0.2, 0.25) is 11.9 Å². The van der Waals surface area contributed by atoms with Crippen LogP contribution in [-0.4, -0.2) is 52.7 Å². The third-order valence-electron chi connectivity index (χ3n) is 6.79. The van der Waals surface area contributed by atoms with Crippen LogP contribution in [0.5, 0.6) is 0 Å². The summed E-state index contributed by atoms with van der Waals surface area (Å²) in [5.41, 5.74) is 2.82. The van der Waals surface area contributed by atoms with Gasteiger partial charge < -0.3 is 20.7 Å². The molecule has 1 aliphatic heterocycles. The molecule has 1 amide bonds. The number of carbonyl (C=O) groups is 1. The first-order valence-electron chi connectivity index (χ1n) is 12.3. The Bertz CT molecular complexity index is 1180. The average molecular weight is 495 g/mol. The van der Waals surface area contributed by atoms with Crippen molar-refractivity contribution in [2.45, 2.75) is 51.1 Å². The number of ether oxygens (including phenoxy) is 1. The third-order valence-corrected chi connectivity index (χ3v) is 7.20. The normalized spacial score (nSPS) is 20.3. The number of rotatable bonds is 8. The summed E-state index contributed by atoms with van der Waals surface area (Å²) in [5.74, 6) is 2.09. The molecule has 5 rings (SSSR count). The molecule has 1 saturated carbocycles. The molecule has 8 nitrogen and oxygen atoms in total. The second-order valence-corrected chi connectivity index (χ2v) is 10.0. The monoisotopic (exact) mass is 494 g/mol. The molecule has 0 bridgehead atoms. The molecular formula is C26H31ClN6O2. The van der Waals surface area contributed by atoms with Crippen LogP contribution in [0.3, 0.4) is 0 Å².